The van der Waals surface area contributed by atoms with Gasteiger partial charge in [-0.1, -0.05) is 28.8 Å². The number of rotatable bonds is 2. The van der Waals surface area contributed by atoms with Gasteiger partial charge in [0.05, 0.1) is 12.0 Å². The van der Waals surface area contributed by atoms with E-state index in [-0.39, 0.29) is 10.8 Å². The van der Waals surface area contributed by atoms with Gasteiger partial charge in [0.15, 0.2) is 0 Å². The molecule has 1 aromatic carbocycles. The van der Waals surface area contributed by atoms with Crippen LogP contribution >= 0.6 is 11.6 Å². The van der Waals surface area contributed by atoms with Crippen molar-refractivity contribution in [1.29, 1.82) is 5.26 Å². The molecule has 0 N–H and O–H groups in total. The van der Waals surface area contributed by atoms with E-state index in [9.17, 15) is 10.1 Å². The molecule has 0 spiro atoms. The first-order chi connectivity index (χ1) is 9.45. The molecule has 1 heterocycles. The van der Waals surface area contributed by atoms with Crippen LogP contribution in [-0.2, 0) is 17.4 Å². The molecule has 0 saturated carbocycles. The van der Waals surface area contributed by atoms with Crippen LogP contribution in [0, 0.1) is 17.2 Å². The van der Waals surface area contributed by atoms with Gasteiger partial charge in [0.2, 0.25) is 0 Å². The molecule has 20 heavy (non-hydrogen) atoms. The van der Waals surface area contributed by atoms with Gasteiger partial charge < -0.3 is 12.6 Å². The fraction of sp³-hybridized carbons (Fsp3) is 0.267. The van der Waals surface area contributed by atoms with E-state index in [2.05, 4.69) is 11.1 Å². The maximum Gasteiger partial charge on any atom is 0.139 e. The summed E-state index contributed by atoms with van der Waals surface area (Å²) in [5, 5.41) is 10.2. The average Bonchev–Trinajstić information content (AvgIpc) is 2.37. The van der Waals surface area contributed by atoms with Gasteiger partial charge in [-0.3, -0.25) is 9.79 Å². The van der Waals surface area contributed by atoms with Crippen molar-refractivity contribution < 1.29 is 4.79 Å². The minimum atomic E-state index is -0.463. The normalized spacial score (nSPS) is 22.2. The Morgan fingerprint density at radius 2 is 2.20 bits per heavy atom. The Bertz CT molecular complexity index is 673. The third-order valence-corrected chi connectivity index (χ3v) is 3.92. The van der Waals surface area contributed by atoms with Crippen molar-refractivity contribution in [3.05, 3.63) is 45.5 Å². The van der Waals surface area contributed by atoms with Gasteiger partial charge in [0.1, 0.15) is 5.78 Å². The van der Waals surface area contributed by atoms with Gasteiger partial charge in [0.25, 0.3) is 0 Å². The Hall–Kier alpha value is -1.70. The van der Waals surface area contributed by atoms with Gasteiger partial charge in [-0.2, -0.15) is 5.26 Å². The Morgan fingerprint density at radius 1 is 1.50 bits per heavy atom. The van der Waals surface area contributed by atoms with E-state index < -0.39 is 11.8 Å². The summed E-state index contributed by atoms with van der Waals surface area (Å²) >= 11 is 11.2. The number of Topliss-reactive ketones (excluding diaryl/α,β-unsaturated/α-hetero) is 1. The summed E-state index contributed by atoms with van der Waals surface area (Å²) in [6.45, 7) is 3.27. The summed E-state index contributed by atoms with van der Waals surface area (Å²) in [6.07, 6.45) is 0. The highest BCUT2D eigenvalue weighted by molar-refractivity contribution is 7.63. The SMILES string of the molecule is CC(=O)C1C(C)=NC([S-])=C(C#N)[C@H]1c1cccc(Cl)c1. The molecule has 102 valence electrons. The third-order valence-electron chi connectivity index (χ3n) is 3.37. The molecule has 1 unspecified atom stereocenters. The molecule has 0 radical (unpaired) electrons. The number of hydrogen-bond donors (Lipinski definition) is 0. The first-order valence-electron chi connectivity index (χ1n) is 6.08. The van der Waals surface area contributed by atoms with E-state index in [1.165, 1.54) is 6.92 Å². The highest BCUT2D eigenvalue weighted by Gasteiger charge is 2.35. The lowest BCUT2D eigenvalue weighted by molar-refractivity contribution is -0.119. The van der Waals surface area contributed by atoms with E-state index in [1.54, 1.807) is 25.1 Å². The maximum atomic E-state index is 12.0. The first kappa shape index (κ1) is 14.7. The summed E-state index contributed by atoms with van der Waals surface area (Å²) < 4.78 is 0. The summed E-state index contributed by atoms with van der Waals surface area (Å²) in [7, 11) is 0. The van der Waals surface area contributed by atoms with Gasteiger partial charge in [-0.25, -0.2) is 0 Å². The summed E-state index contributed by atoms with van der Waals surface area (Å²) in [5.41, 5.74) is 1.81. The predicted molar refractivity (Wildman–Crippen MR) is 81.5 cm³/mol. The van der Waals surface area contributed by atoms with Crippen LogP contribution in [0.2, 0.25) is 5.02 Å². The number of nitrogens with zero attached hydrogens (tertiary/aromatic N) is 2. The van der Waals surface area contributed by atoms with E-state index >= 15 is 0 Å². The van der Waals surface area contributed by atoms with Crippen molar-refractivity contribution in [3.63, 3.8) is 0 Å². The zero-order valence-corrected chi connectivity index (χ0v) is 12.6. The molecule has 0 amide bonds. The van der Waals surface area contributed by atoms with Crippen LogP contribution in [0.3, 0.4) is 0 Å². The number of hydrogen-bond acceptors (Lipinski definition) is 4. The van der Waals surface area contributed by atoms with Crippen LogP contribution in [0.25, 0.3) is 0 Å². The quantitative estimate of drug-likeness (QED) is 0.787. The molecule has 3 nitrogen and oxygen atoms in total. The predicted octanol–water partition coefficient (Wildman–Crippen LogP) is 3.39. The van der Waals surface area contributed by atoms with Crippen LogP contribution < -0.4 is 0 Å². The fourth-order valence-electron chi connectivity index (χ4n) is 2.54. The molecule has 1 aliphatic rings. The average molecular weight is 304 g/mol. The number of allylic oxidation sites excluding steroid dienone is 1. The van der Waals surface area contributed by atoms with Crippen molar-refractivity contribution in [1.82, 2.24) is 0 Å². The second-order valence-corrected chi connectivity index (χ2v) is 5.53. The fourth-order valence-corrected chi connectivity index (χ4v) is 3.05. The molecule has 2 atom stereocenters. The summed E-state index contributed by atoms with van der Waals surface area (Å²) in [6, 6.07) is 9.27. The number of ketones is 1. The molecule has 1 aromatic rings. The Balaban J connectivity index is 2.64. The molecule has 2 rings (SSSR count). The Kier molecular flexibility index (Phi) is 4.22. The summed E-state index contributed by atoms with van der Waals surface area (Å²) in [5.74, 6) is -0.900. The molecule has 0 aromatic heterocycles. The van der Waals surface area contributed by atoms with Crippen molar-refractivity contribution in [2.45, 2.75) is 19.8 Å². The van der Waals surface area contributed by atoms with Gasteiger partial charge in [-0.05, 0) is 31.5 Å². The molecule has 0 fully saturated rings. The van der Waals surface area contributed by atoms with Gasteiger partial charge in [-0.15, -0.1) is 0 Å². The largest absolute Gasteiger partial charge is 0.759 e. The van der Waals surface area contributed by atoms with E-state index in [1.807, 2.05) is 6.07 Å². The van der Waals surface area contributed by atoms with Crippen LogP contribution in [0.15, 0.2) is 39.9 Å². The van der Waals surface area contributed by atoms with Crippen LogP contribution in [0.4, 0.5) is 0 Å². The van der Waals surface area contributed by atoms with E-state index in [4.69, 9.17) is 24.2 Å². The number of carbonyl (C=O) groups excluding carboxylic acids is 1. The molecular weight excluding hydrogens is 292 g/mol. The lowest BCUT2D eigenvalue weighted by Crippen LogP contribution is -2.31. The highest BCUT2D eigenvalue weighted by Crippen LogP contribution is 2.39. The molecule has 0 aliphatic carbocycles. The van der Waals surface area contributed by atoms with Crippen LogP contribution in [0.5, 0.6) is 0 Å². The Labute approximate surface area is 128 Å². The van der Waals surface area contributed by atoms with Crippen molar-refractivity contribution in [3.8, 4) is 6.07 Å². The minimum Gasteiger partial charge on any atom is -0.759 e. The highest BCUT2D eigenvalue weighted by atomic mass is 35.5. The third kappa shape index (κ3) is 2.60. The lowest BCUT2D eigenvalue weighted by atomic mass is 9.75. The van der Waals surface area contributed by atoms with Crippen LogP contribution in [-0.4, -0.2) is 11.5 Å². The Morgan fingerprint density at radius 3 is 2.75 bits per heavy atom. The number of halogens is 1. The minimum absolute atomic E-state index is 0.0357. The van der Waals surface area contributed by atoms with Crippen molar-refractivity contribution in [2.75, 3.05) is 0 Å². The molecule has 0 saturated heterocycles. The van der Waals surface area contributed by atoms with E-state index in [0.717, 1.165) is 5.56 Å². The van der Waals surface area contributed by atoms with E-state index in [0.29, 0.717) is 16.3 Å². The zero-order chi connectivity index (χ0) is 14.9. The smallest absolute Gasteiger partial charge is 0.139 e. The second kappa shape index (κ2) is 5.74. The molecular formula is C15H12ClN2OS-. The maximum absolute atomic E-state index is 12.0. The summed E-state index contributed by atoms with van der Waals surface area (Å²) in [4.78, 5) is 16.1. The number of benzene rings is 1. The molecule has 0 bridgehead atoms. The van der Waals surface area contributed by atoms with Crippen molar-refractivity contribution in [2.24, 2.45) is 10.9 Å². The van der Waals surface area contributed by atoms with Gasteiger partial charge >= 0.3 is 0 Å². The molecule has 1 aliphatic heterocycles. The lowest BCUT2D eigenvalue weighted by Gasteiger charge is -2.32. The number of aliphatic imine (C=N–C) groups is 1. The van der Waals surface area contributed by atoms with Crippen LogP contribution in [0.1, 0.15) is 25.3 Å². The topological polar surface area (TPSA) is 53.2 Å². The monoisotopic (exact) mass is 303 g/mol. The number of carbonyl (C=O) groups is 1. The standard InChI is InChI=1S/C15H13ClN2OS/c1-8-13(9(2)19)14(12(7-17)15(20)18-8)10-4-3-5-11(16)6-10/h3-6,13-14,20H,1-2H3/p-1/t13?,14-/m1/s1. The molecule has 5 heteroatoms. The zero-order valence-electron chi connectivity index (χ0n) is 11.1. The second-order valence-electron chi connectivity index (χ2n) is 4.70. The van der Waals surface area contributed by atoms with Crippen molar-refractivity contribution >= 4 is 35.7 Å². The number of nitriles is 1. The first-order valence-corrected chi connectivity index (χ1v) is 6.86. The van der Waals surface area contributed by atoms with Gasteiger partial charge in [0, 0.05) is 22.2 Å².